The van der Waals surface area contributed by atoms with Crippen LogP contribution in [0.1, 0.15) is 22.8 Å². The number of phenols is 1. The van der Waals surface area contributed by atoms with E-state index in [9.17, 15) is 19.5 Å². The minimum Gasteiger partial charge on any atom is -0.506 e. The molecule has 0 aliphatic heterocycles. The van der Waals surface area contributed by atoms with E-state index in [2.05, 4.69) is 15.3 Å². The van der Waals surface area contributed by atoms with Crippen molar-refractivity contribution in [3.63, 3.8) is 0 Å². The number of rotatable bonds is 7. The molecule has 10 heteroatoms. The first-order valence-electron chi connectivity index (χ1n) is 10.2. The highest BCUT2D eigenvalue weighted by Gasteiger charge is 2.20. The molecular formula is C24H21N3O5S2. The number of hydrogen-bond acceptors (Lipinski definition) is 8. The summed E-state index contributed by atoms with van der Waals surface area (Å²) in [4.78, 5) is 44.4. The fourth-order valence-corrected chi connectivity index (χ4v) is 5.23. The maximum Gasteiger partial charge on any atom is 0.260 e. The number of aldehydes is 1. The number of thiophene rings is 1. The Bertz CT molecular complexity index is 1460. The van der Waals surface area contributed by atoms with Crippen LogP contribution in [0.2, 0.25) is 0 Å². The van der Waals surface area contributed by atoms with E-state index in [0.717, 1.165) is 34.2 Å². The molecule has 8 nitrogen and oxygen atoms in total. The normalized spacial score (nSPS) is 11.9. The number of aryl methyl sites for hydroxylation is 1. The Morgan fingerprint density at radius 2 is 2.09 bits per heavy atom. The minimum absolute atomic E-state index is 0.136. The fourth-order valence-electron chi connectivity index (χ4n) is 3.43. The quantitative estimate of drug-likeness (QED) is 0.148. The smallest absolute Gasteiger partial charge is 0.260 e. The van der Waals surface area contributed by atoms with Crippen LogP contribution in [0, 0.1) is 6.92 Å². The number of nitrogens with zero attached hydrogens (tertiary/aromatic N) is 1. The molecule has 34 heavy (non-hydrogen) atoms. The van der Waals surface area contributed by atoms with Gasteiger partial charge in [-0.05, 0) is 55.3 Å². The van der Waals surface area contributed by atoms with Crippen molar-refractivity contribution in [1.82, 2.24) is 9.97 Å². The highest BCUT2D eigenvalue weighted by Crippen LogP contribution is 2.34. The third-order valence-corrected chi connectivity index (χ3v) is 7.06. The lowest BCUT2D eigenvalue weighted by Crippen LogP contribution is -2.23. The first kappa shape index (κ1) is 23.5. The molecule has 0 radical (unpaired) electrons. The van der Waals surface area contributed by atoms with Gasteiger partial charge in [-0.1, -0.05) is 17.8 Å². The summed E-state index contributed by atoms with van der Waals surface area (Å²) in [6.45, 7) is 3.60. The predicted molar refractivity (Wildman–Crippen MR) is 134 cm³/mol. The molecule has 0 aliphatic rings. The molecule has 0 bridgehead atoms. The molecule has 4 rings (SSSR count). The van der Waals surface area contributed by atoms with Crippen LogP contribution in [0.3, 0.4) is 0 Å². The zero-order chi connectivity index (χ0) is 24.4. The summed E-state index contributed by atoms with van der Waals surface area (Å²) in [5.41, 5.74) is 2.80. The highest BCUT2D eigenvalue weighted by atomic mass is 32.2. The van der Waals surface area contributed by atoms with Crippen LogP contribution in [-0.2, 0) is 4.79 Å². The van der Waals surface area contributed by atoms with Crippen LogP contribution in [0.15, 0.2) is 51.7 Å². The van der Waals surface area contributed by atoms with Crippen molar-refractivity contribution >= 4 is 51.2 Å². The average Bonchev–Trinajstić information content (AvgIpc) is 3.25. The Morgan fingerprint density at radius 3 is 2.79 bits per heavy atom. The van der Waals surface area contributed by atoms with Gasteiger partial charge in [-0.15, -0.1) is 11.3 Å². The van der Waals surface area contributed by atoms with Crippen molar-refractivity contribution in [2.45, 2.75) is 24.3 Å². The number of H-pyrrole nitrogens is 1. The zero-order valence-corrected chi connectivity index (χ0v) is 20.2. The Balaban J connectivity index is 1.56. The lowest BCUT2D eigenvalue weighted by Gasteiger charge is -2.12. The number of carbonyl (C=O) groups excluding carboxylic acids is 2. The van der Waals surface area contributed by atoms with Crippen LogP contribution >= 0.6 is 23.1 Å². The monoisotopic (exact) mass is 495 g/mol. The van der Waals surface area contributed by atoms with Crippen LogP contribution in [0.25, 0.3) is 21.3 Å². The number of ether oxygens (including phenoxy) is 1. The molecule has 1 atom stereocenters. The number of phenolic OH excluding ortho intramolecular Hbond substituents is 1. The van der Waals surface area contributed by atoms with Crippen molar-refractivity contribution < 1.29 is 19.4 Å². The molecule has 0 fully saturated rings. The molecule has 3 N–H and O–H groups in total. The van der Waals surface area contributed by atoms with Gasteiger partial charge in [0.25, 0.3) is 5.56 Å². The SMILES string of the molecule is COc1ccc(-c2csc3nc(SC(C)C(=O)Nc4cc(C=O)ccc4O)[nH]c(=O)c23)cc1C. The summed E-state index contributed by atoms with van der Waals surface area (Å²) in [5.74, 6) is 0.211. The summed E-state index contributed by atoms with van der Waals surface area (Å²) in [6.07, 6.45) is 0.625. The summed E-state index contributed by atoms with van der Waals surface area (Å²) < 4.78 is 5.31. The highest BCUT2D eigenvalue weighted by molar-refractivity contribution is 8.00. The average molecular weight is 496 g/mol. The zero-order valence-electron chi connectivity index (χ0n) is 18.5. The Morgan fingerprint density at radius 1 is 1.29 bits per heavy atom. The van der Waals surface area contributed by atoms with Crippen molar-refractivity contribution in [1.29, 1.82) is 0 Å². The second kappa shape index (κ2) is 9.70. The number of amides is 1. The van der Waals surface area contributed by atoms with Gasteiger partial charge in [0.1, 0.15) is 22.6 Å². The van der Waals surface area contributed by atoms with Crippen LogP contribution in [0.5, 0.6) is 11.5 Å². The Kier molecular flexibility index (Phi) is 6.71. The molecule has 0 spiro atoms. The molecule has 174 valence electrons. The van der Waals surface area contributed by atoms with Crippen molar-refractivity contribution in [3.8, 4) is 22.6 Å². The lowest BCUT2D eigenvalue weighted by molar-refractivity contribution is -0.115. The van der Waals surface area contributed by atoms with E-state index in [0.29, 0.717) is 27.2 Å². The summed E-state index contributed by atoms with van der Waals surface area (Å²) in [6, 6.07) is 9.90. The second-order valence-corrected chi connectivity index (χ2v) is 9.72. The van der Waals surface area contributed by atoms with E-state index >= 15 is 0 Å². The Labute approximate surface area is 203 Å². The number of hydrogen-bond donors (Lipinski definition) is 3. The van der Waals surface area contributed by atoms with Gasteiger partial charge in [0.2, 0.25) is 5.91 Å². The van der Waals surface area contributed by atoms with E-state index in [-0.39, 0.29) is 17.0 Å². The number of benzene rings is 2. The minimum atomic E-state index is -0.636. The third-order valence-electron chi connectivity index (χ3n) is 5.20. The van der Waals surface area contributed by atoms with Gasteiger partial charge in [-0.2, -0.15) is 0 Å². The number of anilines is 1. The first-order valence-corrected chi connectivity index (χ1v) is 12.0. The van der Waals surface area contributed by atoms with Gasteiger partial charge in [-0.3, -0.25) is 14.4 Å². The number of carbonyl (C=O) groups is 2. The van der Waals surface area contributed by atoms with Gasteiger partial charge in [0, 0.05) is 16.5 Å². The second-order valence-electron chi connectivity index (χ2n) is 7.53. The molecule has 0 aliphatic carbocycles. The fraction of sp³-hybridized carbons (Fsp3) is 0.167. The number of methoxy groups -OCH3 is 1. The van der Waals surface area contributed by atoms with Crippen LogP contribution in [0.4, 0.5) is 5.69 Å². The van der Waals surface area contributed by atoms with Gasteiger partial charge in [0.05, 0.1) is 23.4 Å². The van der Waals surface area contributed by atoms with Crippen molar-refractivity contribution in [3.05, 3.63) is 63.3 Å². The van der Waals surface area contributed by atoms with E-state index in [1.165, 1.54) is 29.5 Å². The van der Waals surface area contributed by atoms with Gasteiger partial charge < -0.3 is 20.1 Å². The summed E-state index contributed by atoms with van der Waals surface area (Å²) in [5, 5.41) is 14.6. The molecule has 2 aromatic heterocycles. The standard InChI is InChI=1S/C24H21N3O5S2/c1-12-8-15(5-7-19(12)32-3)16-11-33-23-20(16)22(31)26-24(27-23)34-13(2)21(30)25-17-9-14(10-28)4-6-18(17)29/h4-11,13,29H,1-3H3,(H,25,30)(H,26,27,31). The summed E-state index contributed by atoms with van der Waals surface area (Å²) >= 11 is 2.44. The van der Waals surface area contributed by atoms with Crippen LogP contribution < -0.4 is 15.6 Å². The number of aromatic amines is 1. The molecular weight excluding hydrogens is 474 g/mol. The molecule has 1 unspecified atom stereocenters. The van der Waals surface area contributed by atoms with Gasteiger partial charge >= 0.3 is 0 Å². The molecule has 2 heterocycles. The van der Waals surface area contributed by atoms with E-state index in [1.807, 2.05) is 30.5 Å². The third kappa shape index (κ3) is 4.68. The number of thioether (sulfide) groups is 1. The largest absolute Gasteiger partial charge is 0.506 e. The van der Waals surface area contributed by atoms with Crippen LogP contribution in [-0.4, -0.2) is 39.6 Å². The molecule has 2 aromatic carbocycles. The predicted octanol–water partition coefficient (Wildman–Crippen LogP) is 4.61. The molecule has 4 aromatic rings. The number of nitrogens with one attached hydrogen (secondary N) is 2. The van der Waals surface area contributed by atoms with E-state index < -0.39 is 11.2 Å². The lowest BCUT2D eigenvalue weighted by atomic mass is 10.0. The van der Waals surface area contributed by atoms with Gasteiger partial charge in [-0.25, -0.2) is 4.98 Å². The van der Waals surface area contributed by atoms with Crippen molar-refractivity contribution in [2.24, 2.45) is 0 Å². The summed E-state index contributed by atoms with van der Waals surface area (Å²) in [7, 11) is 1.61. The maximum atomic E-state index is 12.9. The molecule has 0 saturated heterocycles. The van der Waals surface area contributed by atoms with E-state index in [1.54, 1.807) is 14.0 Å². The maximum absolute atomic E-state index is 12.9. The number of aromatic hydroxyl groups is 1. The van der Waals surface area contributed by atoms with E-state index in [4.69, 9.17) is 4.74 Å². The Hall–Kier alpha value is -3.63. The number of aromatic nitrogens is 2. The topological polar surface area (TPSA) is 121 Å². The first-order chi connectivity index (χ1) is 16.3. The molecule has 0 saturated carbocycles. The molecule has 1 amide bonds. The number of fused-ring (bicyclic) bond motifs is 1. The van der Waals surface area contributed by atoms with Crippen molar-refractivity contribution in [2.75, 3.05) is 12.4 Å². The van der Waals surface area contributed by atoms with Gasteiger partial charge in [0.15, 0.2) is 5.16 Å².